The number of hydrazone groups is 1. The summed E-state index contributed by atoms with van der Waals surface area (Å²) in [5.74, 6) is -0.362. The SMILES string of the molecule is N#CCC(=O)N/N=C1\CCc2ccccc21. The number of rotatable bonds is 2. The Balaban J connectivity index is 2.11. The zero-order valence-corrected chi connectivity index (χ0v) is 8.73. The summed E-state index contributed by atoms with van der Waals surface area (Å²) in [5, 5.41) is 12.4. The van der Waals surface area contributed by atoms with E-state index in [9.17, 15) is 4.79 Å². The molecule has 0 spiro atoms. The van der Waals surface area contributed by atoms with Crippen molar-refractivity contribution >= 4 is 11.6 Å². The van der Waals surface area contributed by atoms with Gasteiger partial charge in [0.25, 0.3) is 5.91 Å². The third kappa shape index (κ3) is 2.09. The molecule has 4 nitrogen and oxygen atoms in total. The minimum absolute atomic E-state index is 0.154. The van der Waals surface area contributed by atoms with Crippen LogP contribution in [0.3, 0.4) is 0 Å². The Morgan fingerprint density at radius 3 is 3.06 bits per heavy atom. The lowest BCUT2D eigenvalue weighted by Gasteiger charge is -2.00. The van der Waals surface area contributed by atoms with E-state index in [-0.39, 0.29) is 12.3 Å². The van der Waals surface area contributed by atoms with Crippen LogP contribution in [0, 0.1) is 11.3 Å². The summed E-state index contributed by atoms with van der Waals surface area (Å²) in [7, 11) is 0. The summed E-state index contributed by atoms with van der Waals surface area (Å²) >= 11 is 0. The highest BCUT2D eigenvalue weighted by Gasteiger charge is 2.16. The first-order valence-corrected chi connectivity index (χ1v) is 5.12. The predicted molar refractivity (Wildman–Crippen MR) is 59.7 cm³/mol. The predicted octanol–water partition coefficient (Wildman–Crippen LogP) is 1.37. The number of nitrogens with zero attached hydrogens (tertiary/aromatic N) is 2. The third-order valence-corrected chi connectivity index (χ3v) is 2.51. The molecule has 0 unspecified atom stereocenters. The molecule has 0 radical (unpaired) electrons. The molecule has 1 aromatic carbocycles. The fraction of sp³-hybridized carbons (Fsp3) is 0.250. The Labute approximate surface area is 93.6 Å². The second-order valence-electron chi connectivity index (χ2n) is 3.59. The summed E-state index contributed by atoms with van der Waals surface area (Å²) in [6.07, 6.45) is 1.65. The average molecular weight is 213 g/mol. The van der Waals surface area contributed by atoms with Crippen molar-refractivity contribution in [1.29, 1.82) is 5.26 Å². The molecule has 0 saturated carbocycles. The molecule has 2 rings (SSSR count). The zero-order chi connectivity index (χ0) is 11.4. The molecule has 0 heterocycles. The maximum absolute atomic E-state index is 11.1. The van der Waals surface area contributed by atoms with E-state index < -0.39 is 0 Å². The van der Waals surface area contributed by atoms with E-state index in [2.05, 4.69) is 16.6 Å². The van der Waals surface area contributed by atoms with Crippen LogP contribution in [-0.4, -0.2) is 11.6 Å². The van der Waals surface area contributed by atoms with Gasteiger partial charge in [0.2, 0.25) is 0 Å². The average Bonchev–Trinajstić information content (AvgIpc) is 2.70. The molecule has 1 aliphatic carbocycles. The zero-order valence-electron chi connectivity index (χ0n) is 8.73. The van der Waals surface area contributed by atoms with Gasteiger partial charge in [0, 0.05) is 5.56 Å². The van der Waals surface area contributed by atoms with Gasteiger partial charge in [-0.2, -0.15) is 10.4 Å². The first-order chi connectivity index (χ1) is 7.81. The van der Waals surface area contributed by atoms with Crippen LogP contribution in [-0.2, 0) is 11.2 Å². The van der Waals surface area contributed by atoms with Crippen molar-refractivity contribution in [1.82, 2.24) is 5.43 Å². The molecule has 0 fully saturated rings. The number of nitrogens with one attached hydrogen (secondary N) is 1. The summed E-state index contributed by atoms with van der Waals surface area (Å²) in [6.45, 7) is 0. The van der Waals surface area contributed by atoms with Crippen molar-refractivity contribution in [3.8, 4) is 6.07 Å². The molecule has 80 valence electrons. The van der Waals surface area contributed by atoms with Gasteiger partial charge >= 0.3 is 0 Å². The second kappa shape index (κ2) is 4.58. The van der Waals surface area contributed by atoms with Crippen LogP contribution in [0.2, 0.25) is 0 Å². The second-order valence-corrected chi connectivity index (χ2v) is 3.59. The summed E-state index contributed by atoms with van der Waals surface area (Å²) in [5.41, 5.74) is 5.64. The molecule has 1 amide bonds. The van der Waals surface area contributed by atoms with Gasteiger partial charge in [0.15, 0.2) is 0 Å². The van der Waals surface area contributed by atoms with Gasteiger partial charge in [-0.15, -0.1) is 0 Å². The first-order valence-electron chi connectivity index (χ1n) is 5.12. The fourth-order valence-electron chi connectivity index (χ4n) is 1.76. The summed E-state index contributed by atoms with van der Waals surface area (Å²) < 4.78 is 0. The van der Waals surface area contributed by atoms with Gasteiger partial charge in [-0.25, -0.2) is 5.43 Å². The van der Waals surface area contributed by atoms with E-state index >= 15 is 0 Å². The monoisotopic (exact) mass is 213 g/mol. The number of fused-ring (bicyclic) bond motifs is 1. The number of carbonyl (C=O) groups excluding carboxylic acids is 1. The van der Waals surface area contributed by atoms with Crippen molar-refractivity contribution in [2.75, 3.05) is 0 Å². The standard InChI is InChI=1S/C12H11N3O/c13-8-7-12(16)15-14-11-6-5-9-3-1-2-4-10(9)11/h1-4H,5-7H2,(H,15,16)/b14-11+. The minimum atomic E-state index is -0.362. The number of hydrogen-bond acceptors (Lipinski definition) is 3. The number of hydrogen-bond donors (Lipinski definition) is 1. The highest BCUT2D eigenvalue weighted by molar-refractivity contribution is 6.04. The molecule has 0 aromatic heterocycles. The largest absolute Gasteiger partial charge is 0.272 e. The van der Waals surface area contributed by atoms with Crippen LogP contribution >= 0.6 is 0 Å². The summed E-state index contributed by atoms with van der Waals surface area (Å²) in [4.78, 5) is 11.1. The molecule has 1 aromatic rings. The van der Waals surface area contributed by atoms with Crippen molar-refractivity contribution < 1.29 is 4.79 Å². The number of amides is 1. The first kappa shape index (κ1) is 10.4. The molecular formula is C12H11N3O. The van der Waals surface area contributed by atoms with Crippen LogP contribution in [0.15, 0.2) is 29.4 Å². The molecule has 1 aliphatic rings. The van der Waals surface area contributed by atoms with E-state index in [0.29, 0.717) is 0 Å². The minimum Gasteiger partial charge on any atom is -0.272 e. The number of nitriles is 1. The van der Waals surface area contributed by atoms with Crippen LogP contribution in [0.4, 0.5) is 0 Å². The highest BCUT2D eigenvalue weighted by atomic mass is 16.2. The normalized spacial score (nSPS) is 15.6. The van der Waals surface area contributed by atoms with Crippen LogP contribution in [0.5, 0.6) is 0 Å². The third-order valence-electron chi connectivity index (χ3n) is 2.51. The van der Waals surface area contributed by atoms with Gasteiger partial charge in [-0.3, -0.25) is 4.79 Å². The van der Waals surface area contributed by atoms with Crippen LogP contribution < -0.4 is 5.43 Å². The molecule has 0 aliphatic heterocycles. The van der Waals surface area contributed by atoms with Crippen LogP contribution in [0.1, 0.15) is 24.0 Å². The number of benzene rings is 1. The highest BCUT2D eigenvalue weighted by Crippen LogP contribution is 2.21. The smallest absolute Gasteiger partial charge is 0.254 e. The molecular weight excluding hydrogens is 202 g/mol. The van der Waals surface area contributed by atoms with Crippen molar-refractivity contribution in [3.05, 3.63) is 35.4 Å². The fourth-order valence-corrected chi connectivity index (χ4v) is 1.76. The Morgan fingerprint density at radius 1 is 1.44 bits per heavy atom. The van der Waals surface area contributed by atoms with Gasteiger partial charge in [-0.1, -0.05) is 24.3 Å². The summed E-state index contributed by atoms with van der Waals surface area (Å²) in [6, 6.07) is 9.79. The molecule has 0 atom stereocenters. The van der Waals surface area contributed by atoms with Gasteiger partial charge in [0.05, 0.1) is 11.8 Å². The number of carbonyl (C=O) groups is 1. The molecule has 4 heteroatoms. The topological polar surface area (TPSA) is 65.2 Å². The Hall–Kier alpha value is -2.15. The van der Waals surface area contributed by atoms with Crippen LogP contribution in [0.25, 0.3) is 0 Å². The molecule has 0 saturated heterocycles. The van der Waals surface area contributed by atoms with E-state index in [4.69, 9.17) is 5.26 Å². The Bertz CT molecular complexity index is 485. The van der Waals surface area contributed by atoms with E-state index in [1.807, 2.05) is 18.2 Å². The van der Waals surface area contributed by atoms with Gasteiger partial charge < -0.3 is 0 Å². The van der Waals surface area contributed by atoms with E-state index in [0.717, 1.165) is 24.1 Å². The molecule has 16 heavy (non-hydrogen) atoms. The molecule has 0 bridgehead atoms. The van der Waals surface area contributed by atoms with E-state index in [1.165, 1.54) is 5.56 Å². The lowest BCUT2D eigenvalue weighted by Crippen LogP contribution is -2.18. The Kier molecular flexibility index (Phi) is 2.97. The molecule has 1 N–H and O–H groups in total. The van der Waals surface area contributed by atoms with Gasteiger partial charge in [0.1, 0.15) is 6.42 Å². The van der Waals surface area contributed by atoms with E-state index in [1.54, 1.807) is 6.07 Å². The van der Waals surface area contributed by atoms with Crippen molar-refractivity contribution in [3.63, 3.8) is 0 Å². The Morgan fingerprint density at radius 2 is 2.25 bits per heavy atom. The lowest BCUT2D eigenvalue weighted by molar-refractivity contribution is -0.120. The van der Waals surface area contributed by atoms with Crippen molar-refractivity contribution in [2.45, 2.75) is 19.3 Å². The quantitative estimate of drug-likeness (QED) is 0.754. The maximum atomic E-state index is 11.1. The van der Waals surface area contributed by atoms with Gasteiger partial charge in [-0.05, 0) is 18.4 Å². The lowest BCUT2D eigenvalue weighted by atomic mass is 10.1. The number of aryl methyl sites for hydroxylation is 1. The maximum Gasteiger partial charge on any atom is 0.254 e. The van der Waals surface area contributed by atoms with Crippen molar-refractivity contribution in [2.24, 2.45) is 5.10 Å².